The molecule has 0 aliphatic carbocycles. The van der Waals surface area contributed by atoms with E-state index in [1.807, 2.05) is 0 Å². The van der Waals surface area contributed by atoms with E-state index in [0.29, 0.717) is 6.61 Å². The van der Waals surface area contributed by atoms with E-state index in [-0.39, 0.29) is 11.1 Å². The number of aliphatic hydroxyl groups is 1. The molecule has 2 N–H and O–H groups in total. The molecule has 0 bridgehead atoms. The summed E-state index contributed by atoms with van der Waals surface area (Å²) in [6, 6.07) is 0. The van der Waals surface area contributed by atoms with Crippen LogP contribution in [0.3, 0.4) is 0 Å². The normalized spacial score (nSPS) is 12.7. The van der Waals surface area contributed by atoms with Gasteiger partial charge in [-0.3, -0.25) is 0 Å². The standard InChI is InChI=1S/C11H21NO3/c1-9(8-13)10(14)15-7-5-6-12-11(2,3)4/h8,12-13H,5-7H2,1-4H3. The van der Waals surface area contributed by atoms with Gasteiger partial charge in [0.15, 0.2) is 0 Å². The minimum Gasteiger partial charge on any atom is -0.515 e. The molecule has 15 heavy (non-hydrogen) atoms. The van der Waals surface area contributed by atoms with E-state index < -0.39 is 5.97 Å². The van der Waals surface area contributed by atoms with Crippen molar-refractivity contribution in [2.24, 2.45) is 0 Å². The fraction of sp³-hybridized carbons (Fsp3) is 0.727. The Morgan fingerprint density at radius 3 is 2.53 bits per heavy atom. The van der Waals surface area contributed by atoms with Crippen LogP contribution in [0.15, 0.2) is 11.8 Å². The van der Waals surface area contributed by atoms with Gasteiger partial charge >= 0.3 is 5.97 Å². The lowest BCUT2D eigenvalue weighted by Gasteiger charge is -2.20. The van der Waals surface area contributed by atoms with Crippen LogP contribution in [0.5, 0.6) is 0 Å². The molecule has 0 unspecified atom stereocenters. The van der Waals surface area contributed by atoms with Gasteiger partial charge in [-0.2, -0.15) is 0 Å². The quantitative estimate of drug-likeness (QED) is 0.317. The molecule has 0 aliphatic heterocycles. The van der Waals surface area contributed by atoms with Crippen LogP contribution in [0, 0.1) is 0 Å². The van der Waals surface area contributed by atoms with Crippen LogP contribution in [0.1, 0.15) is 34.1 Å². The molecule has 4 nitrogen and oxygen atoms in total. The number of rotatable bonds is 5. The SMILES string of the molecule is CC(=CO)C(=O)OCCCNC(C)(C)C. The summed E-state index contributed by atoms with van der Waals surface area (Å²) < 4.78 is 4.90. The highest BCUT2D eigenvalue weighted by atomic mass is 16.5. The largest absolute Gasteiger partial charge is 0.515 e. The van der Waals surface area contributed by atoms with E-state index in [1.54, 1.807) is 0 Å². The zero-order valence-electron chi connectivity index (χ0n) is 9.96. The molecular formula is C11H21NO3. The summed E-state index contributed by atoms with van der Waals surface area (Å²) >= 11 is 0. The van der Waals surface area contributed by atoms with Gasteiger partial charge in [0.25, 0.3) is 0 Å². The first-order chi connectivity index (χ1) is 6.87. The van der Waals surface area contributed by atoms with Gasteiger partial charge in [-0.15, -0.1) is 0 Å². The highest BCUT2D eigenvalue weighted by Gasteiger charge is 2.08. The number of ether oxygens (including phenoxy) is 1. The van der Waals surface area contributed by atoms with Gasteiger partial charge in [-0.25, -0.2) is 4.79 Å². The Kier molecular flexibility index (Phi) is 6.01. The fourth-order valence-electron chi connectivity index (χ4n) is 0.867. The average Bonchev–Trinajstić information content (AvgIpc) is 2.14. The third-order valence-electron chi connectivity index (χ3n) is 1.73. The first kappa shape index (κ1) is 14.0. The van der Waals surface area contributed by atoms with Gasteiger partial charge in [0.1, 0.15) is 0 Å². The lowest BCUT2D eigenvalue weighted by Crippen LogP contribution is -2.36. The molecule has 0 aromatic heterocycles. The smallest absolute Gasteiger partial charge is 0.336 e. The minimum atomic E-state index is -0.465. The Balaban J connectivity index is 3.52. The second-order valence-electron chi connectivity index (χ2n) is 4.48. The summed E-state index contributed by atoms with van der Waals surface area (Å²) in [4.78, 5) is 11.1. The van der Waals surface area contributed by atoms with Crippen molar-refractivity contribution in [3.05, 3.63) is 11.8 Å². The summed E-state index contributed by atoms with van der Waals surface area (Å²) in [6.07, 6.45) is 1.53. The predicted octanol–water partition coefficient (Wildman–Crippen LogP) is 1.77. The number of carbonyl (C=O) groups is 1. The molecular weight excluding hydrogens is 194 g/mol. The summed E-state index contributed by atoms with van der Waals surface area (Å²) in [5.41, 5.74) is 0.309. The summed E-state index contributed by atoms with van der Waals surface area (Å²) in [5, 5.41) is 11.8. The second-order valence-corrected chi connectivity index (χ2v) is 4.48. The fourth-order valence-corrected chi connectivity index (χ4v) is 0.867. The Bertz CT molecular complexity index is 228. The molecule has 0 fully saturated rings. The molecule has 0 aromatic rings. The van der Waals surface area contributed by atoms with E-state index >= 15 is 0 Å². The number of hydrogen-bond acceptors (Lipinski definition) is 4. The predicted molar refractivity (Wildman–Crippen MR) is 59.7 cm³/mol. The zero-order valence-corrected chi connectivity index (χ0v) is 9.96. The van der Waals surface area contributed by atoms with Crippen molar-refractivity contribution in [1.82, 2.24) is 5.32 Å². The lowest BCUT2D eigenvalue weighted by atomic mass is 10.1. The van der Waals surface area contributed by atoms with Crippen molar-refractivity contribution in [3.63, 3.8) is 0 Å². The minimum absolute atomic E-state index is 0.0882. The number of hydrogen-bond donors (Lipinski definition) is 2. The molecule has 0 heterocycles. The van der Waals surface area contributed by atoms with Crippen molar-refractivity contribution in [3.8, 4) is 0 Å². The first-order valence-electron chi connectivity index (χ1n) is 5.10. The first-order valence-corrected chi connectivity index (χ1v) is 5.10. The van der Waals surface area contributed by atoms with Gasteiger partial charge in [0, 0.05) is 5.54 Å². The summed E-state index contributed by atoms with van der Waals surface area (Å²) in [5.74, 6) is -0.465. The van der Waals surface area contributed by atoms with Crippen LogP contribution in [-0.2, 0) is 9.53 Å². The second kappa shape index (κ2) is 6.45. The van der Waals surface area contributed by atoms with E-state index in [0.717, 1.165) is 19.2 Å². The number of esters is 1. The number of aliphatic hydroxyl groups excluding tert-OH is 1. The molecule has 0 aliphatic rings. The van der Waals surface area contributed by atoms with Gasteiger partial charge in [-0.1, -0.05) is 0 Å². The third-order valence-corrected chi connectivity index (χ3v) is 1.73. The highest BCUT2D eigenvalue weighted by Crippen LogP contribution is 1.99. The van der Waals surface area contributed by atoms with Gasteiger partial charge in [-0.05, 0) is 40.7 Å². The third kappa shape index (κ3) is 8.00. The molecule has 0 aromatic carbocycles. The van der Waals surface area contributed by atoms with E-state index in [2.05, 4.69) is 26.1 Å². The van der Waals surface area contributed by atoms with Crippen LogP contribution in [0.2, 0.25) is 0 Å². The van der Waals surface area contributed by atoms with Gasteiger partial charge < -0.3 is 15.2 Å². The Labute approximate surface area is 91.3 Å². The van der Waals surface area contributed by atoms with Crippen molar-refractivity contribution in [1.29, 1.82) is 0 Å². The van der Waals surface area contributed by atoms with Crippen LogP contribution in [0.4, 0.5) is 0 Å². The molecule has 0 amide bonds. The van der Waals surface area contributed by atoms with Crippen LogP contribution < -0.4 is 5.32 Å². The average molecular weight is 215 g/mol. The maximum absolute atomic E-state index is 11.1. The Hall–Kier alpha value is -1.03. The highest BCUT2D eigenvalue weighted by molar-refractivity contribution is 5.87. The Morgan fingerprint density at radius 1 is 1.47 bits per heavy atom. The van der Waals surface area contributed by atoms with Gasteiger partial charge in [0.2, 0.25) is 0 Å². The molecule has 0 saturated heterocycles. The Morgan fingerprint density at radius 2 is 2.07 bits per heavy atom. The molecule has 0 rings (SSSR count). The zero-order chi connectivity index (χ0) is 11.9. The molecule has 4 heteroatoms. The maximum atomic E-state index is 11.1. The molecule has 0 saturated carbocycles. The number of carbonyl (C=O) groups excluding carboxylic acids is 1. The number of nitrogens with one attached hydrogen (secondary N) is 1. The van der Waals surface area contributed by atoms with Crippen molar-refractivity contribution >= 4 is 5.97 Å². The van der Waals surface area contributed by atoms with E-state index in [9.17, 15) is 4.79 Å². The van der Waals surface area contributed by atoms with Crippen molar-refractivity contribution < 1.29 is 14.6 Å². The van der Waals surface area contributed by atoms with Crippen LogP contribution >= 0.6 is 0 Å². The molecule has 0 atom stereocenters. The monoisotopic (exact) mass is 215 g/mol. The summed E-state index contributed by atoms with van der Waals surface area (Å²) in [6.45, 7) is 8.93. The molecule has 88 valence electrons. The van der Waals surface area contributed by atoms with Crippen LogP contribution in [-0.4, -0.2) is 29.8 Å². The molecule has 0 radical (unpaired) electrons. The molecule has 0 spiro atoms. The lowest BCUT2D eigenvalue weighted by molar-refractivity contribution is -0.139. The van der Waals surface area contributed by atoms with E-state index in [4.69, 9.17) is 9.84 Å². The van der Waals surface area contributed by atoms with Gasteiger partial charge in [0.05, 0.1) is 18.4 Å². The van der Waals surface area contributed by atoms with Crippen molar-refractivity contribution in [2.75, 3.05) is 13.2 Å². The van der Waals surface area contributed by atoms with Crippen LogP contribution in [0.25, 0.3) is 0 Å². The van der Waals surface area contributed by atoms with Crippen molar-refractivity contribution in [2.45, 2.75) is 39.7 Å². The topological polar surface area (TPSA) is 58.6 Å². The summed E-state index contributed by atoms with van der Waals surface area (Å²) in [7, 11) is 0. The maximum Gasteiger partial charge on any atom is 0.336 e. The van der Waals surface area contributed by atoms with E-state index in [1.165, 1.54) is 6.92 Å².